The molecule has 2 aliphatic heterocycles. The highest BCUT2D eigenvalue weighted by atomic mass is 16.6. The van der Waals surface area contributed by atoms with Crippen molar-refractivity contribution in [2.45, 2.75) is 103 Å². The van der Waals surface area contributed by atoms with E-state index in [1.807, 2.05) is 60.7 Å². The molecule has 0 aliphatic carbocycles. The predicted molar refractivity (Wildman–Crippen MR) is 178 cm³/mol. The zero-order valence-electron chi connectivity index (χ0n) is 27.9. The molecule has 3 atom stereocenters. The number of rotatable bonds is 16. The van der Waals surface area contributed by atoms with Gasteiger partial charge in [0.05, 0.1) is 12.6 Å². The molecule has 2 fully saturated rings. The van der Waals surface area contributed by atoms with Gasteiger partial charge in [-0.1, -0.05) is 86.3 Å². The molecule has 2 heterocycles. The summed E-state index contributed by atoms with van der Waals surface area (Å²) in [6, 6.07) is 17.3. The van der Waals surface area contributed by atoms with Crippen LogP contribution < -0.4 is 5.32 Å². The first kappa shape index (κ1) is 35.9. The number of piperidine rings is 1. The van der Waals surface area contributed by atoms with Crippen molar-refractivity contribution in [1.29, 1.82) is 0 Å². The van der Waals surface area contributed by atoms with Crippen LogP contribution in [0.5, 0.6) is 0 Å². The molecule has 0 spiro atoms. The summed E-state index contributed by atoms with van der Waals surface area (Å²) in [6.07, 6.45) is 7.41. The van der Waals surface area contributed by atoms with Gasteiger partial charge in [-0.2, -0.15) is 0 Å². The first-order valence-electron chi connectivity index (χ1n) is 17.2. The van der Waals surface area contributed by atoms with Crippen molar-refractivity contribution in [3.63, 3.8) is 0 Å². The zero-order chi connectivity index (χ0) is 33.4. The van der Waals surface area contributed by atoms with Crippen molar-refractivity contribution in [2.24, 2.45) is 5.92 Å². The van der Waals surface area contributed by atoms with Gasteiger partial charge < -0.3 is 24.0 Å². The summed E-state index contributed by atoms with van der Waals surface area (Å²) in [4.78, 5) is 55.0. The maximum atomic E-state index is 13.4. The summed E-state index contributed by atoms with van der Waals surface area (Å²) in [5.41, 5.74) is 1.88. The minimum Gasteiger partial charge on any atom is -0.465 e. The van der Waals surface area contributed by atoms with Gasteiger partial charge in [-0.05, 0) is 63.0 Å². The van der Waals surface area contributed by atoms with E-state index in [0.29, 0.717) is 38.4 Å². The Balaban J connectivity index is 1.15. The Labute approximate surface area is 279 Å². The minimum atomic E-state index is -0.656. The quantitative estimate of drug-likeness (QED) is 0.141. The van der Waals surface area contributed by atoms with Crippen molar-refractivity contribution in [3.05, 3.63) is 71.8 Å². The van der Waals surface area contributed by atoms with Gasteiger partial charge in [-0.25, -0.2) is 9.59 Å². The number of amides is 2. The van der Waals surface area contributed by atoms with E-state index >= 15 is 0 Å². The Morgan fingerprint density at radius 3 is 2.09 bits per heavy atom. The number of carbonyl (C=O) groups is 4. The number of hydrogen-bond acceptors (Lipinski definition) is 8. The lowest BCUT2D eigenvalue weighted by molar-refractivity contribution is -0.155. The van der Waals surface area contributed by atoms with Crippen molar-refractivity contribution >= 4 is 23.9 Å². The van der Waals surface area contributed by atoms with Gasteiger partial charge in [0.2, 0.25) is 5.91 Å². The third-order valence-corrected chi connectivity index (χ3v) is 9.11. The summed E-state index contributed by atoms with van der Waals surface area (Å²) in [7, 11) is 0. The first-order chi connectivity index (χ1) is 22.9. The second kappa shape index (κ2) is 19.0. The van der Waals surface area contributed by atoms with Crippen LogP contribution in [0.3, 0.4) is 0 Å². The lowest BCUT2D eigenvalue weighted by Gasteiger charge is -2.31. The van der Waals surface area contributed by atoms with E-state index in [-0.39, 0.29) is 37.8 Å². The summed E-state index contributed by atoms with van der Waals surface area (Å²) < 4.78 is 16.3. The topological polar surface area (TPSA) is 114 Å². The Morgan fingerprint density at radius 2 is 1.45 bits per heavy atom. The van der Waals surface area contributed by atoms with Crippen molar-refractivity contribution in [3.8, 4) is 0 Å². The van der Waals surface area contributed by atoms with Crippen LogP contribution in [0.4, 0.5) is 4.79 Å². The van der Waals surface area contributed by atoms with Crippen LogP contribution in [0.15, 0.2) is 60.7 Å². The number of ether oxygens (including phenoxy) is 3. The van der Waals surface area contributed by atoms with Gasteiger partial charge in [-0.15, -0.1) is 0 Å². The number of hydrogen-bond donors (Lipinski definition) is 1. The molecule has 4 rings (SSSR count). The van der Waals surface area contributed by atoms with Gasteiger partial charge in [0, 0.05) is 19.6 Å². The molecule has 0 radical (unpaired) electrons. The third kappa shape index (κ3) is 11.4. The van der Waals surface area contributed by atoms with E-state index in [0.717, 1.165) is 56.1 Å². The van der Waals surface area contributed by atoms with Crippen LogP contribution in [-0.4, -0.2) is 78.1 Å². The van der Waals surface area contributed by atoms with Crippen LogP contribution in [0, 0.1) is 5.92 Å². The van der Waals surface area contributed by atoms with Crippen LogP contribution in [0.1, 0.15) is 82.8 Å². The number of likely N-dealkylation sites (tertiary alicyclic amines) is 2. The van der Waals surface area contributed by atoms with Crippen LogP contribution in [0.2, 0.25) is 0 Å². The molecule has 2 aromatic carbocycles. The molecule has 0 saturated carbocycles. The lowest BCUT2D eigenvalue weighted by Crippen LogP contribution is -2.53. The average molecular weight is 650 g/mol. The largest absolute Gasteiger partial charge is 0.465 e. The van der Waals surface area contributed by atoms with Crippen molar-refractivity contribution < 1.29 is 33.4 Å². The number of nitrogens with one attached hydrogen (secondary N) is 1. The van der Waals surface area contributed by atoms with Gasteiger partial charge >= 0.3 is 18.0 Å². The van der Waals surface area contributed by atoms with E-state index in [1.165, 1.54) is 0 Å². The molecule has 10 nitrogen and oxygen atoms in total. The van der Waals surface area contributed by atoms with Gasteiger partial charge in [0.15, 0.2) is 0 Å². The molecule has 2 aromatic rings. The van der Waals surface area contributed by atoms with Gasteiger partial charge in [0.25, 0.3) is 0 Å². The third-order valence-electron chi connectivity index (χ3n) is 9.11. The number of nitrogens with zero attached hydrogens (tertiary/aromatic N) is 2. The minimum absolute atomic E-state index is 0.167. The van der Waals surface area contributed by atoms with Gasteiger partial charge in [-0.3, -0.25) is 14.9 Å². The fourth-order valence-corrected chi connectivity index (χ4v) is 6.41. The van der Waals surface area contributed by atoms with Gasteiger partial charge in [0.1, 0.15) is 25.3 Å². The summed E-state index contributed by atoms with van der Waals surface area (Å²) >= 11 is 0. The molecule has 10 heteroatoms. The van der Waals surface area contributed by atoms with E-state index in [4.69, 9.17) is 14.2 Å². The highest BCUT2D eigenvalue weighted by Gasteiger charge is 2.38. The SMILES string of the molecule is CCOC(=O)[C@H](CCCCCC1CCN(C(=O)OCc2ccccc2)CC1)N[C@@H](C)C(=O)N1CCC[C@H]1C(=O)OCc1ccccc1. The lowest BCUT2D eigenvalue weighted by atomic mass is 9.91. The monoisotopic (exact) mass is 649 g/mol. The standard InChI is InChI=1S/C37H51N3O7/c1-3-45-35(42)32(38-28(2)34(41)40-23-13-20-33(40)36(43)46-26-30-15-8-4-9-16-30)19-12-6-7-14-29-21-24-39(25-22-29)37(44)47-27-31-17-10-5-11-18-31/h4-5,8-11,15-18,28-29,32-33,38H,3,6-7,12-14,19-27H2,1-2H3/t28-,32-,33-/m0/s1. The number of carbonyl (C=O) groups excluding carboxylic acids is 4. The average Bonchev–Trinajstić information content (AvgIpc) is 3.60. The molecule has 1 N–H and O–H groups in total. The van der Waals surface area contributed by atoms with Crippen LogP contribution in [0.25, 0.3) is 0 Å². The Hall–Kier alpha value is -3.92. The van der Waals surface area contributed by atoms with E-state index in [1.54, 1.807) is 23.6 Å². The normalized spacial score (nSPS) is 18.0. The Kier molecular flexibility index (Phi) is 14.5. The molecule has 2 amide bonds. The second-order valence-electron chi connectivity index (χ2n) is 12.6. The molecular weight excluding hydrogens is 598 g/mol. The highest BCUT2D eigenvalue weighted by Crippen LogP contribution is 2.24. The molecule has 256 valence electrons. The first-order valence-corrected chi connectivity index (χ1v) is 17.2. The molecule has 0 bridgehead atoms. The maximum Gasteiger partial charge on any atom is 0.410 e. The second-order valence-corrected chi connectivity index (χ2v) is 12.6. The fraction of sp³-hybridized carbons (Fsp3) is 0.568. The predicted octanol–water partition coefficient (Wildman–Crippen LogP) is 5.63. The fourth-order valence-electron chi connectivity index (χ4n) is 6.41. The zero-order valence-corrected chi connectivity index (χ0v) is 27.9. The maximum absolute atomic E-state index is 13.4. The molecule has 0 unspecified atom stereocenters. The number of benzene rings is 2. The van der Waals surface area contributed by atoms with E-state index < -0.39 is 24.1 Å². The Bertz CT molecular complexity index is 1270. The highest BCUT2D eigenvalue weighted by molar-refractivity contribution is 5.88. The summed E-state index contributed by atoms with van der Waals surface area (Å²) in [5.74, 6) is -0.409. The number of esters is 2. The molecule has 2 saturated heterocycles. The van der Waals surface area contributed by atoms with Crippen LogP contribution >= 0.6 is 0 Å². The molecule has 0 aromatic heterocycles. The van der Waals surface area contributed by atoms with Crippen molar-refractivity contribution in [2.75, 3.05) is 26.2 Å². The smallest absolute Gasteiger partial charge is 0.410 e. The van der Waals surface area contributed by atoms with E-state index in [9.17, 15) is 19.2 Å². The molecular formula is C37H51N3O7. The number of unbranched alkanes of at least 4 members (excludes halogenated alkanes) is 2. The van der Waals surface area contributed by atoms with Crippen molar-refractivity contribution in [1.82, 2.24) is 15.1 Å². The Morgan fingerprint density at radius 1 is 0.809 bits per heavy atom. The van der Waals surface area contributed by atoms with E-state index in [2.05, 4.69) is 5.32 Å². The molecule has 2 aliphatic rings. The summed E-state index contributed by atoms with van der Waals surface area (Å²) in [5, 5.41) is 3.20. The molecule has 47 heavy (non-hydrogen) atoms. The van der Waals surface area contributed by atoms with Crippen LogP contribution in [-0.2, 0) is 41.8 Å². The summed E-state index contributed by atoms with van der Waals surface area (Å²) in [6.45, 7) is 6.13.